The number of carbonyl (C=O) groups excluding carboxylic acids is 1. The van der Waals surface area contributed by atoms with Gasteiger partial charge in [-0.2, -0.15) is 0 Å². The average Bonchev–Trinajstić information content (AvgIpc) is 3.27. The van der Waals surface area contributed by atoms with Crippen molar-refractivity contribution < 1.29 is 14.4 Å². The molecular weight excluding hydrogens is 306 g/mol. The van der Waals surface area contributed by atoms with Crippen LogP contribution >= 0.6 is 0 Å². The van der Waals surface area contributed by atoms with Crippen molar-refractivity contribution >= 4 is 6.41 Å². The van der Waals surface area contributed by atoms with Crippen LogP contribution in [0.5, 0.6) is 0 Å². The van der Waals surface area contributed by atoms with Crippen LogP contribution in [0, 0.1) is 5.92 Å². The van der Waals surface area contributed by atoms with E-state index < -0.39 is 0 Å². The van der Waals surface area contributed by atoms with Crippen LogP contribution in [0.15, 0.2) is 34.7 Å². The third-order valence-electron chi connectivity index (χ3n) is 4.65. The monoisotopic (exact) mass is 329 g/mol. The molecule has 0 spiro atoms. The van der Waals surface area contributed by atoms with Crippen LogP contribution in [0.25, 0.3) is 0 Å². The van der Waals surface area contributed by atoms with E-state index >= 15 is 0 Å². The number of hydroxylamine groups is 2. The molecule has 1 aromatic carbocycles. The molecule has 1 aliphatic carbocycles. The van der Waals surface area contributed by atoms with Crippen LogP contribution in [-0.2, 0) is 11.2 Å². The fourth-order valence-electron chi connectivity index (χ4n) is 3.44. The fraction of sp³-hybridized carbons (Fsp3) is 0.500. The van der Waals surface area contributed by atoms with E-state index in [9.17, 15) is 10.0 Å². The van der Waals surface area contributed by atoms with Crippen molar-refractivity contribution in [3.63, 3.8) is 0 Å². The first-order chi connectivity index (χ1) is 11.7. The first-order valence-electron chi connectivity index (χ1n) is 8.51. The van der Waals surface area contributed by atoms with Gasteiger partial charge in [-0.3, -0.25) is 10.0 Å². The van der Waals surface area contributed by atoms with Gasteiger partial charge in [-0.25, -0.2) is 5.06 Å². The molecule has 128 valence electrons. The van der Waals surface area contributed by atoms with Crippen molar-refractivity contribution in [1.29, 1.82) is 0 Å². The van der Waals surface area contributed by atoms with Crippen molar-refractivity contribution in [2.24, 2.45) is 5.92 Å². The standard InChI is InChI=1S/C18H23N3O3/c22-13-21(23)12-16(10-14-8-4-5-9-14)18-20-19-17(24-18)11-15-6-2-1-3-7-15/h1-3,6-7,13-14,16,23H,4-5,8-12H2/t16-/m1/s1. The van der Waals surface area contributed by atoms with Gasteiger partial charge in [0.1, 0.15) is 0 Å². The molecule has 3 rings (SSSR count). The van der Waals surface area contributed by atoms with E-state index in [0.29, 0.717) is 35.6 Å². The summed E-state index contributed by atoms with van der Waals surface area (Å²) >= 11 is 0. The maximum atomic E-state index is 10.8. The SMILES string of the molecule is O=CN(O)C[C@@H](CC1CCCC1)c1nnc(Cc2ccccc2)o1. The summed E-state index contributed by atoms with van der Waals surface area (Å²) in [5.41, 5.74) is 1.11. The average molecular weight is 329 g/mol. The molecule has 1 saturated carbocycles. The van der Waals surface area contributed by atoms with E-state index in [-0.39, 0.29) is 12.5 Å². The number of amides is 1. The van der Waals surface area contributed by atoms with Gasteiger partial charge < -0.3 is 4.42 Å². The largest absolute Gasteiger partial charge is 0.425 e. The molecule has 1 aliphatic rings. The lowest BCUT2D eigenvalue weighted by molar-refractivity contribution is -0.151. The molecule has 0 aliphatic heterocycles. The normalized spacial score (nSPS) is 16.2. The third-order valence-corrected chi connectivity index (χ3v) is 4.65. The van der Waals surface area contributed by atoms with Crippen molar-refractivity contribution in [2.45, 2.75) is 44.4 Å². The minimum Gasteiger partial charge on any atom is -0.425 e. The predicted molar refractivity (Wildman–Crippen MR) is 87.4 cm³/mol. The van der Waals surface area contributed by atoms with Crippen LogP contribution in [0.3, 0.4) is 0 Å². The second-order valence-electron chi connectivity index (χ2n) is 6.51. The van der Waals surface area contributed by atoms with E-state index in [1.165, 1.54) is 25.7 Å². The molecule has 1 aromatic heterocycles. The number of rotatable bonds is 8. The molecule has 0 unspecified atom stereocenters. The highest BCUT2D eigenvalue weighted by atomic mass is 16.5. The topological polar surface area (TPSA) is 79.5 Å². The number of benzene rings is 1. The van der Waals surface area contributed by atoms with Crippen LogP contribution < -0.4 is 0 Å². The first kappa shape index (κ1) is 16.6. The maximum Gasteiger partial charge on any atom is 0.233 e. The molecule has 0 radical (unpaired) electrons. The summed E-state index contributed by atoms with van der Waals surface area (Å²) in [6, 6.07) is 9.95. The van der Waals surface area contributed by atoms with E-state index in [2.05, 4.69) is 10.2 Å². The summed E-state index contributed by atoms with van der Waals surface area (Å²) in [6.07, 6.45) is 6.73. The lowest BCUT2D eigenvalue weighted by Crippen LogP contribution is -2.25. The molecule has 24 heavy (non-hydrogen) atoms. The quantitative estimate of drug-likeness (QED) is 0.457. The second kappa shape index (κ2) is 8.06. The zero-order valence-electron chi connectivity index (χ0n) is 13.7. The number of hydrogen-bond acceptors (Lipinski definition) is 5. The number of nitrogens with zero attached hydrogens (tertiary/aromatic N) is 3. The lowest BCUT2D eigenvalue weighted by Gasteiger charge is -2.19. The molecule has 1 amide bonds. The maximum absolute atomic E-state index is 10.8. The lowest BCUT2D eigenvalue weighted by atomic mass is 9.93. The fourth-order valence-corrected chi connectivity index (χ4v) is 3.44. The van der Waals surface area contributed by atoms with Gasteiger partial charge in [-0.15, -0.1) is 10.2 Å². The highest BCUT2D eigenvalue weighted by Crippen LogP contribution is 2.34. The highest BCUT2D eigenvalue weighted by molar-refractivity contribution is 5.44. The van der Waals surface area contributed by atoms with E-state index in [4.69, 9.17) is 4.42 Å². The number of hydrogen-bond donors (Lipinski definition) is 1. The zero-order chi connectivity index (χ0) is 16.8. The van der Waals surface area contributed by atoms with Gasteiger partial charge in [-0.1, -0.05) is 56.0 Å². The Kier molecular flexibility index (Phi) is 5.59. The molecular formula is C18H23N3O3. The molecule has 6 nitrogen and oxygen atoms in total. The van der Waals surface area contributed by atoms with Crippen molar-refractivity contribution in [1.82, 2.24) is 15.3 Å². The van der Waals surface area contributed by atoms with Crippen LogP contribution in [0.4, 0.5) is 0 Å². The summed E-state index contributed by atoms with van der Waals surface area (Å²) in [5.74, 6) is 1.54. The van der Waals surface area contributed by atoms with Crippen molar-refractivity contribution in [2.75, 3.05) is 6.54 Å². The molecule has 2 aromatic rings. The number of aromatic nitrogens is 2. The molecule has 1 fully saturated rings. The van der Waals surface area contributed by atoms with Gasteiger partial charge in [0.15, 0.2) is 0 Å². The Morgan fingerprint density at radius 3 is 2.71 bits per heavy atom. The van der Waals surface area contributed by atoms with Crippen LogP contribution in [0.2, 0.25) is 0 Å². The van der Waals surface area contributed by atoms with Gasteiger partial charge in [-0.05, 0) is 17.9 Å². The summed E-state index contributed by atoms with van der Waals surface area (Å²) in [6.45, 7) is 0.187. The van der Waals surface area contributed by atoms with Gasteiger partial charge in [0.25, 0.3) is 0 Å². The van der Waals surface area contributed by atoms with Gasteiger partial charge in [0, 0.05) is 0 Å². The van der Waals surface area contributed by atoms with Crippen molar-refractivity contribution in [3.8, 4) is 0 Å². The Hall–Kier alpha value is -2.21. The predicted octanol–water partition coefficient (Wildman–Crippen LogP) is 3.17. The minimum absolute atomic E-state index is 0.125. The first-order valence-corrected chi connectivity index (χ1v) is 8.51. The van der Waals surface area contributed by atoms with Crippen LogP contribution in [-0.4, -0.2) is 33.4 Å². The summed E-state index contributed by atoms with van der Waals surface area (Å²) in [7, 11) is 0. The van der Waals surface area contributed by atoms with Gasteiger partial charge in [0.05, 0.1) is 18.9 Å². The minimum atomic E-state index is -0.125. The van der Waals surface area contributed by atoms with Gasteiger partial charge in [0.2, 0.25) is 18.2 Å². The third kappa shape index (κ3) is 4.41. The molecule has 0 saturated heterocycles. The smallest absolute Gasteiger partial charge is 0.233 e. The van der Waals surface area contributed by atoms with Crippen molar-refractivity contribution in [3.05, 3.63) is 47.7 Å². The van der Waals surface area contributed by atoms with E-state index in [1.807, 2.05) is 30.3 Å². The Balaban J connectivity index is 1.70. The van der Waals surface area contributed by atoms with Crippen LogP contribution in [0.1, 0.15) is 55.4 Å². The van der Waals surface area contributed by atoms with E-state index in [0.717, 1.165) is 12.0 Å². The Bertz CT molecular complexity index is 638. The summed E-state index contributed by atoms with van der Waals surface area (Å²) in [5, 5.41) is 18.6. The molecule has 0 bridgehead atoms. The molecule has 1 heterocycles. The summed E-state index contributed by atoms with van der Waals surface area (Å²) in [4.78, 5) is 10.8. The Morgan fingerprint density at radius 2 is 2.00 bits per heavy atom. The summed E-state index contributed by atoms with van der Waals surface area (Å²) < 4.78 is 5.83. The Labute approximate surface area is 141 Å². The highest BCUT2D eigenvalue weighted by Gasteiger charge is 2.26. The zero-order valence-corrected chi connectivity index (χ0v) is 13.7. The molecule has 1 atom stereocenters. The molecule has 6 heteroatoms. The Morgan fingerprint density at radius 1 is 1.25 bits per heavy atom. The van der Waals surface area contributed by atoms with Gasteiger partial charge >= 0.3 is 0 Å². The number of carbonyl (C=O) groups is 1. The van der Waals surface area contributed by atoms with E-state index in [1.54, 1.807) is 0 Å². The second-order valence-corrected chi connectivity index (χ2v) is 6.51. The molecule has 1 N–H and O–H groups in total.